The molecule has 4 nitrogen and oxygen atoms in total. The fraction of sp³-hybridized carbons (Fsp3) is 0.294. The molecular formula is C17H19NO3. The van der Waals surface area contributed by atoms with Gasteiger partial charge in [-0.05, 0) is 35.7 Å². The first kappa shape index (κ1) is 13.8. The van der Waals surface area contributed by atoms with Crippen LogP contribution in [0.25, 0.3) is 0 Å². The molecule has 21 heavy (non-hydrogen) atoms. The van der Waals surface area contributed by atoms with Gasteiger partial charge >= 0.3 is 0 Å². The van der Waals surface area contributed by atoms with Crippen LogP contribution in [0, 0.1) is 0 Å². The predicted octanol–water partition coefficient (Wildman–Crippen LogP) is 3.12. The third-order valence-electron chi connectivity index (χ3n) is 3.67. The molecule has 0 aromatic heterocycles. The van der Waals surface area contributed by atoms with E-state index >= 15 is 0 Å². The smallest absolute Gasteiger partial charge is 0.231 e. The van der Waals surface area contributed by atoms with Gasteiger partial charge in [0.05, 0.1) is 6.10 Å². The highest BCUT2D eigenvalue weighted by Crippen LogP contribution is 2.34. The molecule has 1 heterocycles. The third kappa shape index (κ3) is 2.95. The molecule has 0 spiro atoms. The van der Waals surface area contributed by atoms with Gasteiger partial charge in [0.2, 0.25) is 6.79 Å². The Hall–Kier alpha value is -2.20. The lowest BCUT2D eigenvalue weighted by atomic mass is 10.1. The fourth-order valence-corrected chi connectivity index (χ4v) is 2.45. The Morgan fingerprint density at radius 3 is 2.81 bits per heavy atom. The van der Waals surface area contributed by atoms with Gasteiger partial charge in [-0.1, -0.05) is 31.2 Å². The Labute approximate surface area is 124 Å². The molecule has 1 aliphatic rings. The van der Waals surface area contributed by atoms with Crippen molar-refractivity contribution in [1.82, 2.24) is 0 Å². The molecule has 0 fully saturated rings. The second-order valence-electron chi connectivity index (χ2n) is 5.02. The number of fused-ring (bicyclic) bond motifs is 1. The van der Waals surface area contributed by atoms with E-state index in [-0.39, 0.29) is 6.79 Å². The standard InChI is InChI=1S/C17H19NO3/c1-2-12-5-3-4-6-14(12)18-10-15(19)13-7-8-16-17(9-13)21-11-20-16/h3-9,15,18-19H,2,10-11H2,1H3. The van der Waals surface area contributed by atoms with E-state index < -0.39 is 6.10 Å². The molecule has 2 aromatic rings. The molecule has 0 saturated heterocycles. The van der Waals surface area contributed by atoms with Crippen LogP contribution in [0.15, 0.2) is 42.5 Å². The van der Waals surface area contributed by atoms with Crippen LogP contribution in [0.4, 0.5) is 5.69 Å². The number of rotatable bonds is 5. The van der Waals surface area contributed by atoms with Gasteiger partial charge in [0.1, 0.15) is 0 Å². The summed E-state index contributed by atoms with van der Waals surface area (Å²) in [4.78, 5) is 0. The number of nitrogens with one attached hydrogen (secondary N) is 1. The number of aliphatic hydroxyl groups is 1. The average molecular weight is 285 g/mol. The van der Waals surface area contributed by atoms with Crippen LogP contribution in [0.5, 0.6) is 11.5 Å². The van der Waals surface area contributed by atoms with Gasteiger partial charge in [-0.2, -0.15) is 0 Å². The molecule has 0 aliphatic carbocycles. The zero-order chi connectivity index (χ0) is 14.7. The first-order valence-corrected chi connectivity index (χ1v) is 7.17. The van der Waals surface area contributed by atoms with E-state index in [1.54, 1.807) is 0 Å². The lowest BCUT2D eigenvalue weighted by Crippen LogP contribution is -2.13. The summed E-state index contributed by atoms with van der Waals surface area (Å²) in [5, 5.41) is 13.6. The lowest BCUT2D eigenvalue weighted by molar-refractivity contribution is 0.173. The van der Waals surface area contributed by atoms with Gasteiger partial charge in [-0.15, -0.1) is 0 Å². The number of hydrogen-bond donors (Lipinski definition) is 2. The van der Waals surface area contributed by atoms with E-state index in [1.165, 1.54) is 5.56 Å². The summed E-state index contributed by atoms with van der Waals surface area (Å²) in [6.07, 6.45) is 0.368. The van der Waals surface area contributed by atoms with E-state index in [1.807, 2.05) is 36.4 Å². The summed E-state index contributed by atoms with van der Waals surface area (Å²) in [6.45, 7) is 2.82. The van der Waals surface area contributed by atoms with Gasteiger partial charge in [-0.25, -0.2) is 0 Å². The monoisotopic (exact) mass is 285 g/mol. The molecule has 1 unspecified atom stereocenters. The van der Waals surface area contributed by atoms with Crippen molar-refractivity contribution in [2.45, 2.75) is 19.4 Å². The minimum absolute atomic E-state index is 0.247. The molecule has 4 heteroatoms. The Morgan fingerprint density at radius 1 is 1.14 bits per heavy atom. The number of ether oxygens (including phenoxy) is 2. The summed E-state index contributed by atoms with van der Waals surface area (Å²) >= 11 is 0. The van der Waals surface area contributed by atoms with Crippen molar-refractivity contribution in [3.05, 3.63) is 53.6 Å². The molecule has 0 bridgehead atoms. The summed E-state index contributed by atoms with van der Waals surface area (Å²) in [5.74, 6) is 1.43. The van der Waals surface area contributed by atoms with Crippen LogP contribution < -0.4 is 14.8 Å². The van der Waals surface area contributed by atoms with Crippen LogP contribution in [-0.2, 0) is 6.42 Å². The zero-order valence-electron chi connectivity index (χ0n) is 12.0. The summed E-state index contributed by atoms with van der Waals surface area (Å²) < 4.78 is 10.6. The number of benzene rings is 2. The average Bonchev–Trinajstić information content (AvgIpc) is 3.00. The quantitative estimate of drug-likeness (QED) is 0.886. The molecular weight excluding hydrogens is 266 g/mol. The minimum Gasteiger partial charge on any atom is -0.454 e. The van der Waals surface area contributed by atoms with Gasteiger partial charge in [0.25, 0.3) is 0 Å². The summed E-state index contributed by atoms with van der Waals surface area (Å²) in [7, 11) is 0. The van der Waals surface area contributed by atoms with Crippen LogP contribution >= 0.6 is 0 Å². The largest absolute Gasteiger partial charge is 0.454 e. The van der Waals surface area contributed by atoms with Crippen molar-refractivity contribution in [3.8, 4) is 11.5 Å². The molecule has 0 saturated carbocycles. The molecule has 0 radical (unpaired) electrons. The molecule has 110 valence electrons. The Morgan fingerprint density at radius 2 is 1.95 bits per heavy atom. The van der Waals surface area contributed by atoms with E-state index in [0.29, 0.717) is 12.3 Å². The molecule has 0 amide bonds. The Balaban J connectivity index is 1.67. The maximum absolute atomic E-state index is 10.3. The van der Waals surface area contributed by atoms with E-state index in [4.69, 9.17) is 9.47 Å². The number of aryl methyl sites for hydroxylation is 1. The van der Waals surface area contributed by atoms with Crippen molar-refractivity contribution in [2.24, 2.45) is 0 Å². The first-order valence-electron chi connectivity index (χ1n) is 7.17. The second-order valence-corrected chi connectivity index (χ2v) is 5.02. The van der Waals surface area contributed by atoms with E-state index in [2.05, 4.69) is 18.3 Å². The SMILES string of the molecule is CCc1ccccc1NCC(O)c1ccc2c(c1)OCO2. The van der Waals surface area contributed by atoms with Gasteiger partial charge in [-0.3, -0.25) is 0 Å². The Kier molecular flexibility index (Phi) is 3.97. The molecule has 2 aromatic carbocycles. The highest BCUT2D eigenvalue weighted by molar-refractivity contribution is 5.51. The van der Waals surface area contributed by atoms with Gasteiger partial charge in [0, 0.05) is 12.2 Å². The van der Waals surface area contributed by atoms with E-state index in [0.717, 1.165) is 23.4 Å². The number of hydrogen-bond acceptors (Lipinski definition) is 4. The van der Waals surface area contributed by atoms with Crippen molar-refractivity contribution in [2.75, 3.05) is 18.7 Å². The highest BCUT2D eigenvalue weighted by atomic mass is 16.7. The predicted molar refractivity (Wildman–Crippen MR) is 81.8 cm³/mol. The molecule has 1 atom stereocenters. The van der Waals surface area contributed by atoms with Crippen molar-refractivity contribution < 1.29 is 14.6 Å². The molecule has 1 aliphatic heterocycles. The van der Waals surface area contributed by atoms with E-state index in [9.17, 15) is 5.11 Å². The van der Waals surface area contributed by atoms with Crippen molar-refractivity contribution in [3.63, 3.8) is 0 Å². The first-order chi connectivity index (χ1) is 10.3. The number of aliphatic hydroxyl groups excluding tert-OH is 1. The zero-order valence-corrected chi connectivity index (χ0v) is 12.0. The maximum atomic E-state index is 10.3. The number of anilines is 1. The summed E-state index contributed by atoms with van der Waals surface area (Å²) in [6, 6.07) is 13.7. The van der Waals surface area contributed by atoms with Gasteiger partial charge in [0.15, 0.2) is 11.5 Å². The molecule has 2 N–H and O–H groups in total. The van der Waals surface area contributed by atoms with Crippen LogP contribution in [0.1, 0.15) is 24.2 Å². The van der Waals surface area contributed by atoms with Crippen LogP contribution in [0.2, 0.25) is 0 Å². The van der Waals surface area contributed by atoms with Crippen LogP contribution in [-0.4, -0.2) is 18.4 Å². The highest BCUT2D eigenvalue weighted by Gasteiger charge is 2.16. The van der Waals surface area contributed by atoms with Gasteiger partial charge < -0.3 is 19.9 Å². The Bertz CT molecular complexity index is 627. The minimum atomic E-state index is -0.593. The van der Waals surface area contributed by atoms with Crippen molar-refractivity contribution >= 4 is 5.69 Å². The molecule has 3 rings (SSSR count). The third-order valence-corrected chi connectivity index (χ3v) is 3.67. The fourth-order valence-electron chi connectivity index (χ4n) is 2.45. The number of para-hydroxylation sites is 1. The van der Waals surface area contributed by atoms with Crippen molar-refractivity contribution in [1.29, 1.82) is 0 Å². The van der Waals surface area contributed by atoms with Crippen LogP contribution in [0.3, 0.4) is 0 Å². The second kappa shape index (κ2) is 6.06. The topological polar surface area (TPSA) is 50.7 Å². The summed E-state index contributed by atoms with van der Waals surface area (Å²) in [5.41, 5.74) is 3.14. The maximum Gasteiger partial charge on any atom is 0.231 e. The lowest BCUT2D eigenvalue weighted by Gasteiger charge is -2.15. The normalized spacial score (nSPS) is 14.0.